The number of hydrogen-bond acceptors (Lipinski definition) is 2. The van der Waals surface area contributed by atoms with Crippen LogP contribution in [-0.4, -0.2) is 16.9 Å². The fourth-order valence-electron chi connectivity index (χ4n) is 1.91. The van der Waals surface area contributed by atoms with Crippen molar-refractivity contribution in [1.82, 2.24) is 10.3 Å². The minimum Gasteiger partial charge on any atom is -0.349 e. The van der Waals surface area contributed by atoms with Crippen LogP contribution in [0.5, 0.6) is 0 Å². The van der Waals surface area contributed by atoms with Gasteiger partial charge in [0.25, 0.3) is 5.91 Å². The molecule has 0 saturated heterocycles. The summed E-state index contributed by atoms with van der Waals surface area (Å²) in [5.41, 5.74) is 1.45. The van der Waals surface area contributed by atoms with Gasteiger partial charge in [-0.3, -0.25) is 9.78 Å². The van der Waals surface area contributed by atoms with Gasteiger partial charge in [0.05, 0.1) is 10.6 Å². The largest absolute Gasteiger partial charge is 0.349 e. The SMILES string of the molecule is CC(Cc1cccc(Cl)c1)NC(=O)c1cnccc1Cl. The van der Waals surface area contributed by atoms with E-state index in [0.717, 1.165) is 5.56 Å². The van der Waals surface area contributed by atoms with Crippen molar-refractivity contribution in [3.8, 4) is 0 Å². The van der Waals surface area contributed by atoms with E-state index in [-0.39, 0.29) is 11.9 Å². The van der Waals surface area contributed by atoms with Gasteiger partial charge in [-0.25, -0.2) is 0 Å². The molecule has 1 atom stereocenters. The summed E-state index contributed by atoms with van der Waals surface area (Å²) in [4.78, 5) is 16.0. The first-order chi connectivity index (χ1) is 9.56. The molecule has 0 aliphatic carbocycles. The molecule has 0 spiro atoms. The van der Waals surface area contributed by atoms with Gasteiger partial charge in [-0.1, -0.05) is 35.3 Å². The quantitative estimate of drug-likeness (QED) is 0.934. The zero-order chi connectivity index (χ0) is 14.5. The van der Waals surface area contributed by atoms with E-state index in [1.54, 1.807) is 12.3 Å². The fraction of sp³-hybridized carbons (Fsp3) is 0.200. The van der Waals surface area contributed by atoms with Crippen molar-refractivity contribution >= 4 is 29.1 Å². The van der Waals surface area contributed by atoms with Crippen molar-refractivity contribution < 1.29 is 4.79 Å². The lowest BCUT2D eigenvalue weighted by atomic mass is 10.1. The number of carbonyl (C=O) groups is 1. The van der Waals surface area contributed by atoms with Gasteiger partial charge >= 0.3 is 0 Å². The molecule has 3 nitrogen and oxygen atoms in total. The van der Waals surface area contributed by atoms with Gasteiger partial charge in [-0.15, -0.1) is 0 Å². The van der Waals surface area contributed by atoms with Gasteiger partial charge in [0.2, 0.25) is 0 Å². The van der Waals surface area contributed by atoms with Gasteiger partial charge in [0.1, 0.15) is 0 Å². The minimum absolute atomic E-state index is 0.0303. The van der Waals surface area contributed by atoms with Gasteiger partial charge in [0.15, 0.2) is 0 Å². The molecule has 1 heterocycles. The Labute approximate surface area is 127 Å². The molecule has 5 heteroatoms. The maximum atomic E-state index is 12.1. The van der Waals surface area contributed by atoms with E-state index in [2.05, 4.69) is 10.3 Å². The van der Waals surface area contributed by atoms with Crippen molar-refractivity contribution in [3.05, 3.63) is 63.9 Å². The molecule has 0 aliphatic rings. The molecule has 0 saturated carbocycles. The summed E-state index contributed by atoms with van der Waals surface area (Å²) in [5.74, 6) is -0.224. The van der Waals surface area contributed by atoms with Crippen LogP contribution >= 0.6 is 23.2 Å². The Bertz CT molecular complexity index is 616. The highest BCUT2D eigenvalue weighted by molar-refractivity contribution is 6.33. The topological polar surface area (TPSA) is 42.0 Å². The van der Waals surface area contributed by atoms with Crippen LogP contribution in [0.3, 0.4) is 0 Å². The molecular formula is C15H14Cl2N2O. The van der Waals surface area contributed by atoms with E-state index in [1.807, 2.05) is 31.2 Å². The Morgan fingerprint density at radius 3 is 2.85 bits per heavy atom. The molecule has 1 aromatic heterocycles. The van der Waals surface area contributed by atoms with Gasteiger partial charge in [0, 0.05) is 23.5 Å². The van der Waals surface area contributed by atoms with Crippen molar-refractivity contribution in [2.75, 3.05) is 0 Å². The van der Waals surface area contributed by atoms with Crippen LogP contribution in [0.25, 0.3) is 0 Å². The van der Waals surface area contributed by atoms with Crippen molar-refractivity contribution in [2.24, 2.45) is 0 Å². The van der Waals surface area contributed by atoms with E-state index in [9.17, 15) is 4.79 Å². The minimum atomic E-state index is -0.224. The van der Waals surface area contributed by atoms with Crippen molar-refractivity contribution in [2.45, 2.75) is 19.4 Å². The van der Waals surface area contributed by atoms with Crippen LogP contribution in [0.4, 0.5) is 0 Å². The van der Waals surface area contributed by atoms with Crippen LogP contribution in [0.15, 0.2) is 42.7 Å². The highest BCUT2D eigenvalue weighted by atomic mass is 35.5. The number of nitrogens with zero attached hydrogens (tertiary/aromatic N) is 1. The standard InChI is InChI=1S/C15H14Cl2N2O/c1-10(7-11-3-2-4-12(16)8-11)19-15(20)13-9-18-6-5-14(13)17/h2-6,8-10H,7H2,1H3,(H,19,20). The van der Waals surface area contributed by atoms with Crippen LogP contribution in [0.2, 0.25) is 10.0 Å². The average molecular weight is 309 g/mol. The summed E-state index contributed by atoms with van der Waals surface area (Å²) in [6.45, 7) is 1.93. The molecule has 0 aliphatic heterocycles. The number of hydrogen-bond donors (Lipinski definition) is 1. The van der Waals surface area contributed by atoms with E-state index < -0.39 is 0 Å². The van der Waals surface area contributed by atoms with Crippen LogP contribution < -0.4 is 5.32 Å². The molecule has 0 bridgehead atoms. The Hall–Kier alpha value is -1.58. The molecule has 0 radical (unpaired) electrons. The molecule has 2 aromatic rings. The average Bonchev–Trinajstić information content (AvgIpc) is 2.38. The Morgan fingerprint density at radius 2 is 2.15 bits per heavy atom. The number of rotatable bonds is 4. The van der Waals surface area contributed by atoms with E-state index >= 15 is 0 Å². The van der Waals surface area contributed by atoms with Gasteiger partial charge < -0.3 is 5.32 Å². The third-order valence-electron chi connectivity index (χ3n) is 2.82. The lowest BCUT2D eigenvalue weighted by molar-refractivity contribution is 0.0940. The summed E-state index contributed by atoms with van der Waals surface area (Å²) in [6.07, 6.45) is 3.71. The summed E-state index contributed by atoms with van der Waals surface area (Å²) in [6, 6.07) is 9.15. The van der Waals surface area contributed by atoms with Gasteiger partial charge in [-0.2, -0.15) is 0 Å². The maximum absolute atomic E-state index is 12.1. The van der Waals surface area contributed by atoms with E-state index in [0.29, 0.717) is 22.0 Å². The van der Waals surface area contributed by atoms with Crippen LogP contribution in [0.1, 0.15) is 22.8 Å². The smallest absolute Gasteiger partial charge is 0.254 e. The normalized spacial score (nSPS) is 11.9. The fourth-order valence-corrected chi connectivity index (χ4v) is 2.32. The molecule has 20 heavy (non-hydrogen) atoms. The monoisotopic (exact) mass is 308 g/mol. The predicted octanol–water partition coefficient (Wildman–Crippen LogP) is 3.75. The Balaban J connectivity index is 2.00. The molecule has 1 amide bonds. The first-order valence-electron chi connectivity index (χ1n) is 6.21. The summed E-state index contributed by atoms with van der Waals surface area (Å²) in [5, 5.41) is 3.99. The number of benzene rings is 1. The van der Waals surface area contributed by atoms with Gasteiger partial charge in [-0.05, 0) is 37.1 Å². The molecule has 1 N–H and O–H groups in total. The second kappa shape index (κ2) is 6.73. The summed E-state index contributed by atoms with van der Waals surface area (Å²) >= 11 is 11.9. The number of nitrogens with one attached hydrogen (secondary N) is 1. The highest BCUT2D eigenvalue weighted by Crippen LogP contribution is 2.15. The Morgan fingerprint density at radius 1 is 1.35 bits per heavy atom. The molecule has 1 unspecified atom stereocenters. The lowest BCUT2D eigenvalue weighted by Gasteiger charge is -2.14. The Kier molecular flexibility index (Phi) is 4.99. The van der Waals surface area contributed by atoms with Crippen molar-refractivity contribution in [3.63, 3.8) is 0 Å². The maximum Gasteiger partial charge on any atom is 0.254 e. The number of aromatic nitrogens is 1. The van der Waals surface area contributed by atoms with E-state index in [4.69, 9.17) is 23.2 Å². The second-order valence-electron chi connectivity index (χ2n) is 4.56. The molecular weight excluding hydrogens is 295 g/mol. The summed E-state index contributed by atoms with van der Waals surface area (Å²) < 4.78 is 0. The zero-order valence-corrected chi connectivity index (χ0v) is 12.4. The number of amides is 1. The summed E-state index contributed by atoms with van der Waals surface area (Å²) in [7, 11) is 0. The third-order valence-corrected chi connectivity index (χ3v) is 3.39. The highest BCUT2D eigenvalue weighted by Gasteiger charge is 2.13. The van der Waals surface area contributed by atoms with E-state index in [1.165, 1.54) is 6.20 Å². The molecule has 1 aromatic carbocycles. The first kappa shape index (κ1) is 14.8. The lowest BCUT2D eigenvalue weighted by Crippen LogP contribution is -2.34. The van der Waals surface area contributed by atoms with Crippen molar-refractivity contribution in [1.29, 1.82) is 0 Å². The first-order valence-corrected chi connectivity index (χ1v) is 6.96. The predicted molar refractivity (Wildman–Crippen MR) is 81.3 cm³/mol. The third kappa shape index (κ3) is 3.95. The van der Waals surface area contributed by atoms with Crippen LogP contribution in [-0.2, 0) is 6.42 Å². The molecule has 0 fully saturated rings. The molecule has 104 valence electrons. The molecule has 2 rings (SSSR count). The number of halogens is 2. The second-order valence-corrected chi connectivity index (χ2v) is 5.41. The number of carbonyl (C=O) groups excluding carboxylic acids is 1. The zero-order valence-electron chi connectivity index (χ0n) is 10.9. The van der Waals surface area contributed by atoms with Crippen LogP contribution in [0, 0.1) is 0 Å². The number of pyridine rings is 1.